The number of benzene rings is 1. The van der Waals surface area contributed by atoms with E-state index in [1.807, 2.05) is 52.3 Å². The standard InChI is InChI=1S/C23H28N4O/c1-16-8-7-11-26(14-16)22(28)19-12-21(25-20-10-6-5-9-18(19)20)17-13-24-27(15-17)23(2,3)4/h5-6,9-10,12-13,15-16H,7-8,11,14H2,1-4H3/t16-/m0/s1. The lowest BCUT2D eigenvalue weighted by atomic mass is 9.98. The molecule has 28 heavy (non-hydrogen) atoms. The average Bonchev–Trinajstić information content (AvgIpc) is 3.17. The van der Waals surface area contributed by atoms with E-state index in [4.69, 9.17) is 4.98 Å². The van der Waals surface area contributed by atoms with Crippen molar-refractivity contribution < 1.29 is 4.79 Å². The first kappa shape index (κ1) is 18.7. The molecule has 5 heteroatoms. The number of fused-ring (bicyclic) bond motifs is 1. The van der Waals surface area contributed by atoms with Crippen LogP contribution < -0.4 is 0 Å². The van der Waals surface area contributed by atoms with Gasteiger partial charge in [0.05, 0.1) is 28.5 Å². The van der Waals surface area contributed by atoms with Gasteiger partial charge in [-0.2, -0.15) is 5.10 Å². The minimum Gasteiger partial charge on any atom is -0.338 e. The Balaban J connectivity index is 1.80. The van der Waals surface area contributed by atoms with Crippen LogP contribution in [0.25, 0.3) is 22.2 Å². The van der Waals surface area contributed by atoms with Gasteiger partial charge in [-0.25, -0.2) is 4.98 Å². The molecule has 3 heterocycles. The average molecular weight is 377 g/mol. The second-order valence-electron chi connectivity index (χ2n) is 8.92. The maximum Gasteiger partial charge on any atom is 0.254 e. The molecule has 1 atom stereocenters. The van der Waals surface area contributed by atoms with Crippen molar-refractivity contribution in [3.8, 4) is 11.3 Å². The van der Waals surface area contributed by atoms with Gasteiger partial charge in [-0.1, -0.05) is 25.1 Å². The number of nitrogens with zero attached hydrogens (tertiary/aromatic N) is 4. The van der Waals surface area contributed by atoms with E-state index >= 15 is 0 Å². The van der Waals surface area contributed by atoms with Crippen molar-refractivity contribution in [3.05, 3.63) is 48.3 Å². The van der Waals surface area contributed by atoms with E-state index in [1.54, 1.807) is 0 Å². The Morgan fingerprint density at radius 1 is 1.21 bits per heavy atom. The van der Waals surface area contributed by atoms with Gasteiger partial charge in [0.25, 0.3) is 5.91 Å². The molecular formula is C23H28N4O. The third kappa shape index (κ3) is 3.53. The molecule has 0 saturated carbocycles. The number of para-hydroxylation sites is 1. The predicted molar refractivity (Wildman–Crippen MR) is 112 cm³/mol. The van der Waals surface area contributed by atoms with Crippen LogP contribution in [0.2, 0.25) is 0 Å². The summed E-state index contributed by atoms with van der Waals surface area (Å²) in [5.74, 6) is 0.657. The third-order valence-electron chi connectivity index (χ3n) is 5.46. The molecule has 0 bridgehead atoms. The summed E-state index contributed by atoms with van der Waals surface area (Å²) in [5, 5.41) is 5.41. The lowest BCUT2D eigenvalue weighted by Crippen LogP contribution is -2.39. The van der Waals surface area contributed by atoms with Gasteiger partial charge in [-0.05, 0) is 51.7 Å². The number of hydrogen-bond donors (Lipinski definition) is 0. The lowest BCUT2D eigenvalue weighted by molar-refractivity contribution is 0.0685. The zero-order valence-electron chi connectivity index (χ0n) is 17.1. The maximum absolute atomic E-state index is 13.4. The molecule has 4 rings (SSSR count). The zero-order chi connectivity index (χ0) is 19.9. The molecule has 2 aromatic heterocycles. The molecule has 146 valence electrons. The third-order valence-corrected chi connectivity index (χ3v) is 5.46. The Labute approximate surface area is 166 Å². The lowest BCUT2D eigenvalue weighted by Gasteiger charge is -2.31. The number of hydrogen-bond acceptors (Lipinski definition) is 3. The Kier molecular flexibility index (Phi) is 4.69. The van der Waals surface area contributed by atoms with Crippen LogP contribution in [0.1, 0.15) is 50.9 Å². The summed E-state index contributed by atoms with van der Waals surface area (Å²) in [6.07, 6.45) is 6.10. The summed E-state index contributed by atoms with van der Waals surface area (Å²) in [6.45, 7) is 10.2. The van der Waals surface area contributed by atoms with Gasteiger partial charge >= 0.3 is 0 Å². The number of piperidine rings is 1. The van der Waals surface area contributed by atoms with Crippen molar-refractivity contribution in [2.45, 2.75) is 46.1 Å². The van der Waals surface area contributed by atoms with E-state index in [0.29, 0.717) is 5.92 Å². The molecular weight excluding hydrogens is 348 g/mol. The van der Waals surface area contributed by atoms with Crippen LogP contribution in [0.5, 0.6) is 0 Å². The van der Waals surface area contributed by atoms with E-state index in [2.05, 4.69) is 32.8 Å². The van der Waals surface area contributed by atoms with Crippen molar-refractivity contribution >= 4 is 16.8 Å². The Morgan fingerprint density at radius 2 is 2.00 bits per heavy atom. The predicted octanol–water partition coefficient (Wildman–Crippen LogP) is 4.73. The van der Waals surface area contributed by atoms with E-state index in [1.165, 1.54) is 6.42 Å². The summed E-state index contributed by atoms with van der Waals surface area (Å²) >= 11 is 0. The highest BCUT2D eigenvalue weighted by molar-refractivity contribution is 6.07. The largest absolute Gasteiger partial charge is 0.338 e. The van der Waals surface area contributed by atoms with Crippen LogP contribution in [-0.2, 0) is 5.54 Å². The molecule has 1 aliphatic rings. The molecule has 0 N–H and O–H groups in total. The molecule has 0 spiro atoms. The normalized spacial score (nSPS) is 17.9. The minimum atomic E-state index is -0.0995. The van der Waals surface area contributed by atoms with Gasteiger partial charge in [-0.3, -0.25) is 9.48 Å². The van der Waals surface area contributed by atoms with Crippen LogP contribution in [-0.4, -0.2) is 38.7 Å². The topological polar surface area (TPSA) is 51.0 Å². The van der Waals surface area contributed by atoms with Crippen LogP contribution in [0.15, 0.2) is 42.7 Å². The summed E-state index contributed by atoms with van der Waals surface area (Å²) < 4.78 is 1.94. The highest BCUT2D eigenvalue weighted by atomic mass is 16.2. The van der Waals surface area contributed by atoms with Crippen LogP contribution in [0.4, 0.5) is 0 Å². The van der Waals surface area contributed by atoms with E-state index in [0.717, 1.165) is 47.2 Å². The molecule has 1 aromatic carbocycles. The summed E-state index contributed by atoms with van der Waals surface area (Å²) in [6, 6.07) is 9.84. The number of rotatable bonds is 2. The van der Waals surface area contributed by atoms with Gasteiger partial charge in [0, 0.05) is 30.2 Å². The Hall–Kier alpha value is -2.69. The molecule has 3 aromatic rings. The van der Waals surface area contributed by atoms with Crippen LogP contribution in [0.3, 0.4) is 0 Å². The fourth-order valence-electron chi connectivity index (χ4n) is 3.87. The van der Waals surface area contributed by atoms with Crippen LogP contribution >= 0.6 is 0 Å². The molecule has 5 nitrogen and oxygen atoms in total. The fraction of sp³-hybridized carbons (Fsp3) is 0.435. The maximum atomic E-state index is 13.4. The van der Waals surface area contributed by atoms with Gasteiger partial charge in [-0.15, -0.1) is 0 Å². The molecule has 0 aliphatic carbocycles. The number of pyridine rings is 1. The quantitative estimate of drug-likeness (QED) is 0.650. The SMILES string of the molecule is C[C@H]1CCCN(C(=O)c2cc(-c3cnn(C(C)(C)C)c3)nc3ccccc23)C1. The molecule has 1 amide bonds. The number of carbonyl (C=O) groups is 1. The number of likely N-dealkylation sites (tertiary alicyclic amines) is 1. The van der Waals surface area contributed by atoms with E-state index in [9.17, 15) is 4.79 Å². The second kappa shape index (κ2) is 7.04. The first-order chi connectivity index (χ1) is 13.3. The zero-order valence-corrected chi connectivity index (χ0v) is 17.1. The molecule has 0 radical (unpaired) electrons. The summed E-state index contributed by atoms with van der Waals surface area (Å²) in [4.78, 5) is 20.2. The van der Waals surface area contributed by atoms with Gasteiger partial charge < -0.3 is 4.90 Å². The van der Waals surface area contributed by atoms with Crippen LogP contribution in [0, 0.1) is 5.92 Å². The molecule has 1 aliphatic heterocycles. The van der Waals surface area contributed by atoms with Gasteiger partial charge in [0.1, 0.15) is 0 Å². The monoisotopic (exact) mass is 376 g/mol. The number of amides is 1. The smallest absolute Gasteiger partial charge is 0.254 e. The minimum absolute atomic E-state index is 0.0995. The summed E-state index contributed by atoms with van der Waals surface area (Å²) in [5.41, 5.74) is 3.21. The van der Waals surface area contributed by atoms with Crippen molar-refractivity contribution in [3.63, 3.8) is 0 Å². The van der Waals surface area contributed by atoms with E-state index < -0.39 is 0 Å². The fourth-order valence-corrected chi connectivity index (χ4v) is 3.87. The Morgan fingerprint density at radius 3 is 2.71 bits per heavy atom. The van der Waals surface area contributed by atoms with Gasteiger partial charge in [0.15, 0.2) is 0 Å². The number of aromatic nitrogens is 3. The molecule has 0 unspecified atom stereocenters. The van der Waals surface area contributed by atoms with E-state index in [-0.39, 0.29) is 11.4 Å². The van der Waals surface area contributed by atoms with Crippen molar-refractivity contribution in [2.24, 2.45) is 5.92 Å². The highest BCUT2D eigenvalue weighted by Crippen LogP contribution is 2.28. The van der Waals surface area contributed by atoms with Crippen molar-refractivity contribution in [2.75, 3.05) is 13.1 Å². The molecule has 1 saturated heterocycles. The highest BCUT2D eigenvalue weighted by Gasteiger charge is 2.24. The first-order valence-electron chi connectivity index (χ1n) is 10.1. The Bertz CT molecular complexity index is 1010. The molecule has 1 fully saturated rings. The van der Waals surface area contributed by atoms with Gasteiger partial charge in [0.2, 0.25) is 0 Å². The summed E-state index contributed by atoms with van der Waals surface area (Å²) in [7, 11) is 0. The second-order valence-corrected chi connectivity index (χ2v) is 8.92. The first-order valence-corrected chi connectivity index (χ1v) is 10.1. The van der Waals surface area contributed by atoms with Crippen molar-refractivity contribution in [1.82, 2.24) is 19.7 Å². The number of carbonyl (C=O) groups excluding carboxylic acids is 1. The van der Waals surface area contributed by atoms with Crippen molar-refractivity contribution in [1.29, 1.82) is 0 Å².